The maximum Gasteiger partial charge on any atom is 0.0104 e. The molecule has 20 atom stereocenters. The molecule has 14 fully saturated rings. The first-order chi connectivity index (χ1) is 36.7. The molecule has 14 rings (SSSR count). The van der Waals surface area contributed by atoms with Crippen LogP contribution in [0.4, 0.5) is 0 Å². The summed E-state index contributed by atoms with van der Waals surface area (Å²) in [5, 5.41) is 0. The lowest BCUT2D eigenvalue weighted by Gasteiger charge is -2.53. The highest BCUT2D eigenvalue weighted by Gasteiger charge is 2.62. The molecular formula is C74H122N2. The molecule has 2 heteroatoms. The Morgan fingerprint density at radius 3 is 0.684 bits per heavy atom. The smallest absolute Gasteiger partial charge is 0.0104 e. The normalized spacial score (nSPS) is 52.0. The van der Waals surface area contributed by atoms with E-state index in [1.807, 2.05) is 0 Å². The van der Waals surface area contributed by atoms with E-state index < -0.39 is 0 Å². The fourth-order valence-corrected chi connectivity index (χ4v) is 28.0. The molecular weight excluding hydrogens is 917 g/mol. The Morgan fingerprint density at radius 1 is 0.224 bits per heavy atom. The quantitative estimate of drug-likeness (QED) is 0.224. The largest absolute Gasteiger partial charge is 0.294 e. The van der Waals surface area contributed by atoms with Crippen molar-refractivity contribution in [1.82, 2.24) is 9.80 Å². The van der Waals surface area contributed by atoms with Gasteiger partial charge in [0.25, 0.3) is 0 Å². The van der Waals surface area contributed by atoms with Gasteiger partial charge < -0.3 is 0 Å². The Hall–Kier alpha value is -0.340. The van der Waals surface area contributed by atoms with Crippen LogP contribution >= 0.6 is 0 Å². The van der Waals surface area contributed by atoms with E-state index in [1.165, 1.54) is 128 Å². The number of hydrogen-bond donors (Lipinski definition) is 0. The Labute approximate surface area is 470 Å². The summed E-state index contributed by atoms with van der Waals surface area (Å²) in [5.41, 5.74) is 2.21. The molecule has 0 N–H and O–H groups in total. The van der Waals surface area contributed by atoms with Crippen LogP contribution in [0.25, 0.3) is 0 Å². The molecule has 0 amide bonds. The number of allylic oxidation sites excluding steroid dienone is 2. The molecule has 0 bridgehead atoms. The van der Waals surface area contributed by atoms with Gasteiger partial charge in [-0.25, -0.2) is 0 Å². The van der Waals surface area contributed by atoms with Gasteiger partial charge >= 0.3 is 0 Å². The van der Waals surface area contributed by atoms with Crippen LogP contribution in [0.1, 0.15) is 287 Å². The predicted molar refractivity (Wildman–Crippen MR) is 320 cm³/mol. The maximum absolute atomic E-state index is 3.43. The van der Waals surface area contributed by atoms with Crippen molar-refractivity contribution in [1.29, 1.82) is 0 Å². The summed E-state index contributed by atoms with van der Waals surface area (Å²) in [6.07, 6.45) is 60.6. The van der Waals surface area contributed by atoms with Crippen LogP contribution in [-0.2, 0) is 0 Å². The number of hydrogen-bond acceptors (Lipinski definition) is 2. The summed E-state index contributed by atoms with van der Waals surface area (Å²) >= 11 is 0. The van der Waals surface area contributed by atoms with Gasteiger partial charge in [-0.05, 0) is 308 Å². The molecule has 2 nitrogen and oxygen atoms in total. The first-order valence-corrected chi connectivity index (χ1v) is 35.9. The molecule has 14 aliphatic rings. The number of rotatable bonds is 8. The third-order valence-corrected chi connectivity index (χ3v) is 31.3. The minimum absolute atomic E-state index is 0.552. The molecule has 0 aromatic rings. The first-order valence-electron chi connectivity index (χ1n) is 35.9. The molecule has 428 valence electrons. The highest BCUT2D eigenvalue weighted by molar-refractivity contribution is 5.13. The van der Waals surface area contributed by atoms with Gasteiger partial charge in [0.15, 0.2) is 0 Å². The van der Waals surface area contributed by atoms with E-state index in [0.717, 1.165) is 143 Å². The van der Waals surface area contributed by atoms with Gasteiger partial charge in [-0.1, -0.05) is 119 Å². The lowest BCUT2D eigenvalue weighted by atomic mass is 9.65. The van der Waals surface area contributed by atoms with E-state index in [0.29, 0.717) is 21.7 Å². The van der Waals surface area contributed by atoms with E-state index >= 15 is 0 Å². The zero-order valence-corrected chi connectivity index (χ0v) is 51.4. The Bertz CT molecular complexity index is 1770. The van der Waals surface area contributed by atoms with Gasteiger partial charge in [0.05, 0.1) is 0 Å². The molecule has 0 aliphatic heterocycles. The Balaban J connectivity index is 0.652. The van der Waals surface area contributed by atoms with Crippen molar-refractivity contribution in [2.24, 2.45) is 128 Å². The molecule has 0 radical (unpaired) electrons. The number of fused-ring (bicyclic) bond motifs is 12. The van der Waals surface area contributed by atoms with E-state index in [9.17, 15) is 0 Å². The van der Waals surface area contributed by atoms with E-state index in [1.54, 1.807) is 103 Å². The van der Waals surface area contributed by atoms with Crippen molar-refractivity contribution in [2.75, 3.05) is 0 Å². The highest BCUT2D eigenvalue weighted by Crippen LogP contribution is 2.68. The second-order valence-corrected chi connectivity index (χ2v) is 34.9. The second kappa shape index (κ2) is 20.8. The first kappa shape index (κ1) is 53.7. The lowest BCUT2D eigenvalue weighted by Crippen LogP contribution is -2.55. The highest BCUT2D eigenvalue weighted by atomic mass is 15.2. The SMILES string of the molecule is CC1(C)C2CCCCC2C2CCC(N(C3CCC(C=CC4CCC(N(C5CCC6C7CCCCC7C(C)(C)C6C5)C5CCC6C7CCCCC7C(C)(C)C6C5)CC4)CC3)C3CCC4C5CCCCC5C(C)(C)C4C3)CC21. The summed E-state index contributed by atoms with van der Waals surface area (Å²) < 4.78 is 0. The molecule has 14 aliphatic carbocycles. The standard InChI is InChI=1S/C74H122N2/c1-71(2)63-21-13-9-17-55(63)59-39-35-51(43-67(59)71)75(52-36-40-60-56-18-10-14-22-64(56)72(3,4)68(60)44-52)49-31-27-47(28-32-49)25-26-48-29-33-50(34-30-48)76(53-37-41-61-57-19-11-15-23-65(57)73(5,6)69(61)45-53)54-38-42-62-58-20-12-16-24-66(58)74(7,8)70(62)46-54/h25-26,47-70H,9-24,27-46H2,1-8H3. The van der Waals surface area contributed by atoms with Crippen molar-refractivity contribution >= 4 is 0 Å². The van der Waals surface area contributed by atoms with Crippen molar-refractivity contribution in [3.8, 4) is 0 Å². The fraction of sp³-hybridized carbons (Fsp3) is 0.973. The van der Waals surface area contributed by atoms with Crippen LogP contribution in [0.2, 0.25) is 0 Å². The summed E-state index contributed by atoms with van der Waals surface area (Å²) in [5.74, 6) is 18.0. The van der Waals surface area contributed by atoms with E-state index in [2.05, 4.69) is 77.3 Å². The van der Waals surface area contributed by atoms with Crippen molar-refractivity contribution < 1.29 is 0 Å². The van der Waals surface area contributed by atoms with Gasteiger partial charge in [-0.15, -0.1) is 0 Å². The zero-order chi connectivity index (χ0) is 51.9. The zero-order valence-electron chi connectivity index (χ0n) is 51.4. The molecule has 14 saturated carbocycles. The summed E-state index contributed by atoms with van der Waals surface area (Å²) in [6.45, 7) is 22.2. The average Bonchev–Trinajstić information content (AvgIpc) is 4.04. The van der Waals surface area contributed by atoms with E-state index in [-0.39, 0.29) is 0 Å². The van der Waals surface area contributed by atoms with E-state index in [4.69, 9.17) is 0 Å². The predicted octanol–water partition coefficient (Wildman–Crippen LogP) is 19.8. The fourth-order valence-electron chi connectivity index (χ4n) is 28.0. The molecule has 0 saturated heterocycles. The molecule has 0 heterocycles. The van der Waals surface area contributed by atoms with Crippen LogP contribution in [0.3, 0.4) is 0 Å². The van der Waals surface area contributed by atoms with Crippen LogP contribution in [-0.4, -0.2) is 46.1 Å². The van der Waals surface area contributed by atoms with Crippen LogP contribution in [0.5, 0.6) is 0 Å². The summed E-state index contributed by atoms with van der Waals surface area (Å²) in [7, 11) is 0. The third kappa shape index (κ3) is 8.93. The summed E-state index contributed by atoms with van der Waals surface area (Å²) in [4.78, 5) is 6.85. The van der Waals surface area contributed by atoms with Gasteiger partial charge in [0, 0.05) is 36.3 Å². The average molecular weight is 1040 g/mol. The van der Waals surface area contributed by atoms with Crippen molar-refractivity contribution in [3.63, 3.8) is 0 Å². The molecule has 0 spiro atoms. The minimum atomic E-state index is 0.552. The molecule has 20 unspecified atom stereocenters. The molecule has 0 aromatic heterocycles. The van der Waals surface area contributed by atoms with Gasteiger partial charge in [0.1, 0.15) is 0 Å². The lowest BCUT2D eigenvalue weighted by molar-refractivity contribution is -0.0352. The number of nitrogens with zero attached hydrogens (tertiary/aromatic N) is 2. The van der Waals surface area contributed by atoms with Crippen molar-refractivity contribution in [3.05, 3.63) is 12.2 Å². The molecule has 76 heavy (non-hydrogen) atoms. The third-order valence-electron chi connectivity index (χ3n) is 31.3. The van der Waals surface area contributed by atoms with Gasteiger partial charge in [-0.3, -0.25) is 9.80 Å². The Morgan fingerprint density at radius 2 is 0.434 bits per heavy atom. The minimum Gasteiger partial charge on any atom is -0.294 e. The van der Waals surface area contributed by atoms with Crippen molar-refractivity contribution in [2.45, 2.75) is 323 Å². The van der Waals surface area contributed by atoms with Crippen LogP contribution in [0, 0.1) is 128 Å². The van der Waals surface area contributed by atoms with Gasteiger partial charge in [-0.2, -0.15) is 0 Å². The van der Waals surface area contributed by atoms with Crippen LogP contribution in [0.15, 0.2) is 12.2 Å². The van der Waals surface area contributed by atoms with Gasteiger partial charge in [0.2, 0.25) is 0 Å². The topological polar surface area (TPSA) is 6.48 Å². The molecule has 0 aromatic carbocycles. The monoisotopic (exact) mass is 1040 g/mol. The van der Waals surface area contributed by atoms with Crippen LogP contribution < -0.4 is 0 Å². The summed E-state index contributed by atoms with van der Waals surface area (Å²) in [6, 6.07) is 5.11. The Kier molecular flexibility index (Phi) is 14.7. The maximum atomic E-state index is 3.43. The second-order valence-electron chi connectivity index (χ2n) is 34.9.